The van der Waals surface area contributed by atoms with Crippen LogP contribution in [-0.2, 0) is 9.53 Å². The molecule has 0 fully saturated rings. The number of carbonyl (C=O) groups excluding carboxylic acids is 2. The standard InChI is InChI=1S/C13H15ClFNO3/c1-13(2,3)16-11(17)7-19-12(18)9-6-8(14)4-5-10(9)15/h4-6H,7H2,1-3H3,(H,16,17). The zero-order valence-electron chi connectivity index (χ0n) is 10.9. The molecule has 1 aromatic carbocycles. The second kappa shape index (κ2) is 6.02. The van der Waals surface area contributed by atoms with Gasteiger partial charge in [0.05, 0.1) is 5.56 Å². The van der Waals surface area contributed by atoms with E-state index < -0.39 is 29.8 Å². The van der Waals surface area contributed by atoms with Gasteiger partial charge in [0.1, 0.15) is 5.82 Å². The smallest absolute Gasteiger partial charge is 0.341 e. The van der Waals surface area contributed by atoms with Crippen molar-refractivity contribution >= 4 is 23.5 Å². The molecule has 0 aromatic heterocycles. The van der Waals surface area contributed by atoms with E-state index >= 15 is 0 Å². The first-order valence-corrected chi connectivity index (χ1v) is 6.00. The average Bonchev–Trinajstić information content (AvgIpc) is 2.27. The van der Waals surface area contributed by atoms with E-state index in [4.69, 9.17) is 16.3 Å². The molecule has 0 heterocycles. The minimum absolute atomic E-state index is 0.215. The second-order valence-corrected chi connectivity index (χ2v) is 5.43. The molecule has 1 rings (SSSR count). The average molecular weight is 288 g/mol. The van der Waals surface area contributed by atoms with Crippen molar-refractivity contribution in [2.75, 3.05) is 6.61 Å². The highest BCUT2D eigenvalue weighted by atomic mass is 35.5. The predicted octanol–water partition coefficient (Wildman–Crippen LogP) is 2.55. The van der Waals surface area contributed by atoms with Crippen LogP contribution in [0.1, 0.15) is 31.1 Å². The maximum absolute atomic E-state index is 13.4. The van der Waals surface area contributed by atoms with Crippen molar-refractivity contribution in [2.24, 2.45) is 0 Å². The molecule has 1 N–H and O–H groups in total. The van der Waals surface area contributed by atoms with E-state index in [1.165, 1.54) is 6.07 Å². The number of halogens is 2. The third-order valence-electron chi connectivity index (χ3n) is 2.00. The zero-order chi connectivity index (χ0) is 14.6. The van der Waals surface area contributed by atoms with Crippen LogP contribution in [0.5, 0.6) is 0 Å². The van der Waals surface area contributed by atoms with Gasteiger partial charge in [-0.1, -0.05) is 11.6 Å². The molecule has 0 spiro atoms. The Bertz CT molecular complexity index is 497. The zero-order valence-corrected chi connectivity index (χ0v) is 11.7. The molecule has 0 bridgehead atoms. The highest BCUT2D eigenvalue weighted by molar-refractivity contribution is 6.30. The normalized spacial score (nSPS) is 11.0. The first-order valence-electron chi connectivity index (χ1n) is 5.62. The van der Waals surface area contributed by atoms with Gasteiger partial charge in [-0.15, -0.1) is 0 Å². The first-order chi connectivity index (χ1) is 8.69. The van der Waals surface area contributed by atoms with Gasteiger partial charge in [0.2, 0.25) is 0 Å². The quantitative estimate of drug-likeness (QED) is 0.869. The highest BCUT2D eigenvalue weighted by Crippen LogP contribution is 2.15. The van der Waals surface area contributed by atoms with Crippen LogP contribution in [0.15, 0.2) is 18.2 Å². The summed E-state index contributed by atoms with van der Waals surface area (Å²) in [5.41, 5.74) is -0.721. The molecule has 0 unspecified atom stereocenters. The monoisotopic (exact) mass is 287 g/mol. The van der Waals surface area contributed by atoms with Crippen molar-refractivity contribution in [1.82, 2.24) is 5.32 Å². The lowest BCUT2D eigenvalue weighted by molar-refractivity contribution is -0.125. The third-order valence-corrected chi connectivity index (χ3v) is 2.23. The van der Waals surface area contributed by atoms with Gasteiger partial charge in [0, 0.05) is 10.6 Å². The third kappa shape index (κ3) is 5.26. The second-order valence-electron chi connectivity index (χ2n) is 5.00. The molecule has 19 heavy (non-hydrogen) atoms. The number of benzene rings is 1. The maximum atomic E-state index is 13.4. The van der Waals surface area contributed by atoms with Crippen molar-refractivity contribution in [3.8, 4) is 0 Å². The Kier molecular flexibility index (Phi) is 4.89. The van der Waals surface area contributed by atoms with Gasteiger partial charge in [-0.3, -0.25) is 4.79 Å². The van der Waals surface area contributed by atoms with Crippen LogP contribution in [0.25, 0.3) is 0 Å². The summed E-state index contributed by atoms with van der Waals surface area (Å²) in [7, 11) is 0. The van der Waals surface area contributed by atoms with Gasteiger partial charge < -0.3 is 10.1 Å². The number of hydrogen-bond acceptors (Lipinski definition) is 3. The van der Waals surface area contributed by atoms with Crippen LogP contribution in [0.2, 0.25) is 5.02 Å². The SMILES string of the molecule is CC(C)(C)NC(=O)COC(=O)c1cc(Cl)ccc1F. The predicted molar refractivity (Wildman–Crippen MR) is 69.6 cm³/mol. The number of rotatable bonds is 3. The van der Waals surface area contributed by atoms with Crippen molar-refractivity contribution in [3.05, 3.63) is 34.6 Å². The molecule has 4 nitrogen and oxygen atoms in total. The van der Waals surface area contributed by atoms with E-state index in [-0.39, 0.29) is 10.6 Å². The Morgan fingerprint density at radius 1 is 1.37 bits per heavy atom. The molecule has 6 heteroatoms. The van der Waals surface area contributed by atoms with E-state index in [2.05, 4.69) is 5.32 Å². The van der Waals surface area contributed by atoms with Crippen LogP contribution >= 0.6 is 11.6 Å². The summed E-state index contributed by atoms with van der Waals surface area (Å²) in [6.45, 7) is 4.91. The number of nitrogens with one attached hydrogen (secondary N) is 1. The summed E-state index contributed by atoms with van der Waals surface area (Å²) >= 11 is 5.66. The number of hydrogen-bond donors (Lipinski definition) is 1. The highest BCUT2D eigenvalue weighted by Gasteiger charge is 2.18. The van der Waals surface area contributed by atoms with E-state index in [1.54, 1.807) is 20.8 Å². The van der Waals surface area contributed by atoms with Gasteiger partial charge in [-0.05, 0) is 39.0 Å². The Morgan fingerprint density at radius 2 is 2.00 bits per heavy atom. The molecular formula is C13H15ClFNO3. The van der Waals surface area contributed by atoms with Crippen molar-refractivity contribution in [3.63, 3.8) is 0 Å². The summed E-state index contributed by atoms with van der Waals surface area (Å²) in [5.74, 6) is -2.13. The summed E-state index contributed by atoms with van der Waals surface area (Å²) in [5, 5.41) is 2.83. The molecule has 0 atom stereocenters. The Morgan fingerprint density at radius 3 is 2.58 bits per heavy atom. The molecule has 1 aromatic rings. The molecule has 0 radical (unpaired) electrons. The molecule has 0 saturated heterocycles. The van der Waals surface area contributed by atoms with Crippen LogP contribution in [-0.4, -0.2) is 24.0 Å². The minimum atomic E-state index is -0.927. The number of ether oxygens (including phenoxy) is 1. The van der Waals surface area contributed by atoms with Gasteiger partial charge in [-0.2, -0.15) is 0 Å². The van der Waals surface area contributed by atoms with Crippen molar-refractivity contribution < 1.29 is 18.7 Å². The van der Waals surface area contributed by atoms with Crippen molar-refractivity contribution in [1.29, 1.82) is 0 Å². The fourth-order valence-corrected chi connectivity index (χ4v) is 1.49. The molecule has 0 aliphatic rings. The van der Waals surface area contributed by atoms with E-state index in [0.29, 0.717) is 0 Å². The fourth-order valence-electron chi connectivity index (χ4n) is 1.32. The number of amides is 1. The molecule has 0 saturated carbocycles. The maximum Gasteiger partial charge on any atom is 0.341 e. The molecule has 0 aliphatic heterocycles. The summed E-state index contributed by atoms with van der Waals surface area (Å²) < 4.78 is 18.1. The van der Waals surface area contributed by atoms with Crippen molar-refractivity contribution in [2.45, 2.75) is 26.3 Å². The lowest BCUT2D eigenvalue weighted by atomic mass is 10.1. The molecule has 104 valence electrons. The van der Waals surface area contributed by atoms with E-state index in [1.807, 2.05) is 0 Å². The lowest BCUT2D eigenvalue weighted by Gasteiger charge is -2.20. The first kappa shape index (κ1) is 15.4. The van der Waals surface area contributed by atoms with E-state index in [9.17, 15) is 14.0 Å². The van der Waals surface area contributed by atoms with Gasteiger partial charge in [-0.25, -0.2) is 9.18 Å². The van der Waals surface area contributed by atoms with Gasteiger partial charge >= 0.3 is 5.97 Å². The molecule has 1 amide bonds. The molecular weight excluding hydrogens is 273 g/mol. The van der Waals surface area contributed by atoms with Gasteiger partial charge in [0.25, 0.3) is 5.91 Å². The van der Waals surface area contributed by atoms with Crippen LogP contribution < -0.4 is 5.32 Å². The largest absolute Gasteiger partial charge is 0.452 e. The summed E-state index contributed by atoms with van der Waals surface area (Å²) in [6.07, 6.45) is 0. The Balaban J connectivity index is 2.61. The number of esters is 1. The Hall–Kier alpha value is -1.62. The number of carbonyl (C=O) groups is 2. The topological polar surface area (TPSA) is 55.4 Å². The fraction of sp³-hybridized carbons (Fsp3) is 0.385. The van der Waals surface area contributed by atoms with Crippen LogP contribution in [0, 0.1) is 5.82 Å². The van der Waals surface area contributed by atoms with Crippen LogP contribution in [0.3, 0.4) is 0 Å². The molecule has 0 aliphatic carbocycles. The van der Waals surface area contributed by atoms with E-state index in [0.717, 1.165) is 12.1 Å². The van der Waals surface area contributed by atoms with Crippen LogP contribution in [0.4, 0.5) is 4.39 Å². The Labute approximate surface area is 115 Å². The summed E-state index contributed by atoms with van der Waals surface area (Å²) in [4.78, 5) is 23.0. The van der Waals surface area contributed by atoms with Gasteiger partial charge in [0.15, 0.2) is 6.61 Å². The minimum Gasteiger partial charge on any atom is -0.452 e. The lowest BCUT2D eigenvalue weighted by Crippen LogP contribution is -2.42. The summed E-state index contributed by atoms with van der Waals surface area (Å²) in [6, 6.07) is 3.54.